The molecule has 0 saturated heterocycles. The van der Waals surface area contributed by atoms with Gasteiger partial charge in [0, 0.05) is 6.20 Å². The Bertz CT molecular complexity index is 1080. The van der Waals surface area contributed by atoms with Crippen LogP contribution in [0.4, 0.5) is 5.69 Å². The van der Waals surface area contributed by atoms with E-state index in [0.717, 1.165) is 15.4 Å². The average molecular weight is 410 g/mol. The summed E-state index contributed by atoms with van der Waals surface area (Å²) in [7, 11) is -3.91. The highest BCUT2D eigenvalue weighted by Gasteiger charge is 2.28. The molecule has 6 nitrogen and oxygen atoms in total. The predicted molar refractivity (Wildman–Crippen MR) is 113 cm³/mol. The maximum absolute atomic E-state index is 13.3. The quantitative estimate of drug-likeness (QED) is 0.650. The van der Waals surface area contributed by atoms with Gasteiger partial charge in [0.15, 0.2) is 0 Å². The number of amides is 1. The fraction of sp³-hybridized carbons (Fsp3) is 0.182. The van der Waals surface area contributed by atoms with E-state index >= 15 is 0 Å². The van der Waals surface area contributed by atoms with Gasteiger partial charge in [0.05, 0.1) is 22.8 Å². The first-order valence-electron chi connectivity index (χ1n) is 9.19. The summed E-state index contributed by atoms with van der Waals surface area (Å²) in [6, 6.07) is 19.1. The molecule has 7 heteroatoms. The third-order valence-electron chi connectivity index (χ3n) is 4.47. The van der Waals surface area contributed by atoms with Crippen molar-refractivity contribution in [1.82, 2.24) is 10.3 Å². The molecule has 1 amide bonds. The second kappa shape index (κ2) is 8.87. The summed E-state index contributed by atoms with van der Waals surface area (Å²) < 4.78 is 27.8. The van der Waals surface area contributed by atoms with Gasteiger partial charge in [-0.15, -0.1) is 0 Å². The van der Waals surface area contributed by atoms with Crippen LogP contribution in [0.3, 0.4) is 0 Å². The van der Waals surface area contributed by atoms with Crippen LogP contribution in [0.2, 0.25) is 0 Å². The number of carbonyl (C=O) groups is 1. The van der Waals surface area contributed by atoms with Crippen molar-refractivity contribution < 1.29 is 13.2 Å². The van der Waals surface area contributed by atoms with Crippen LogP contribution in [0.1, 0.15) is 16.8 Å². The lowest BCUT2D eigenvalue weighted by atomic mass is 10.2. The van der Waals surface area contributed by atoms with Crippen LogP contribution in [0, 0.1) is 13.8 Å². The molecule has 150 valence electrons. The van der Waals surface area contributed by atoms with Gasteiger partial charge in [-0.2, -0.15) is 0 Å². The van der Waals surface area contributed by atoms with Crippen LogP contribution >= 0.6 is 0 Å². The van der Waals surface area contributed by atoms with Crippen molar-refractivity contribution >= 4 is 21.6 Å². The van der Waals surface area contributed by atoms with Gasteiger partial charge in [0.2, 0.25) is 5.91 Å². The first-order chi connectivity index (χ1) is 13.9. The number of carbonyl (C=O) groups excluding carboxylic acids is 1. The Labute approximate surface area is 171 Å². The largest absolute Gasteiger partial charge is 0.349 e. The van der Waals surface area contributed by atoms with Crippen LogP contribution in [0.5, 0.6) is 0 Å². The number of hydrogen-bond donors (Lipinski definition) is 1. The number of rotatable bonds is 7. The van der Waals surface area contributed by atoms with E-state index in [1.54, 1.807) is 54.7 Å². The van der Waals surface area contributed by atoms with E-state index in [2.05, 4.69) is 10.3 Å². The number of nitrogens with zero attached hydrogens (tertiary/aromatic N) is 2. The summed E-state index contributed by atoms with van der Waals surface area (Å²) in [5.74, 6) is -0.408. The summed E-state index contributed by atoms with van der Waals surface area (Å²) >= 11 is 0. The normalized spacial score (nSPS) is 11.1. The minimum Gasteiger partial charge on any atom is -0.349 e. The summed E-state index contributed by atoms with van der Waals surface area (Å²) in [5, 5.41) is 2.74. The van der Waals surface area contributed by atoms with E-state index in [0.29, 0.717) is 11.4 Å². The third-order valence-corrected chi connectivity index (χ3v) is 6.25. The van der Waals surface area contributed by atoms with Gasteiger partial charge >= 0.3 is 0 Å². The van der Waals surface area contributed by atoms with Crippen molar-refractivity contribution in [3.8, 4) is 0 Å². The molecule has 29 heavy (non-hydrogen) atoms. The molecular weight excluding hydrogens is 386 g/mol. The lowest BCUT2D eigenvalue weighted by Gasteiger charge is -2.25. The van der Waals surface area contributed by atoms with Gasteiger partial charge in [-0.25, -0.2) is 8.42 Å². The molecule has 3 rings (SSSR count). The zero-order valence-corrected chi connectivity index (χ0v) is 17.2. The molecule has 0 radical (unpaired) electrons. The van der Waals surface area contributed by atoms with Crippen molar-refractivity contribution in [3.05, 3.63) is 89.7 Å². The third kappa shape index (κ3) is 5.00. The second-order valence-corrected chi connectivity index (χ2v) is 8.57. The topological polar surface area (TPSA) is 79.4 Å². The van der Waals surface area contributed by atoms with E-state index in [-0.39, 0.29) is 18.0 Å². The molecule has 0 saturated carbocycles. The van der Waals surface area contributed by atoms with Gasteiger partial charge in [-0.1, -0.05) is 42.0 Å². The molecule has 2 aromatic carbocycles. The minimum atomic E-state index is -3.91. The Balaban J connectivity index is 1.88. The van der Waals surface area contributed by atoms with Gasteiger partial charge in [-0.05, 0) is 49.7 Å². The molecular formula is C22H23N3O3S. The minimum absolute atomic E-state index is 0.142. The fourth-order valence-electron chi connectivity index (χ4n) is 2.86. The molecule has 0 aliphatic heterocycles. The number of nitrogens with one attached hydrogen (secondary N) is 1. The van der Waals surface area contributed by atoms with Crippen molar-refractivity contribution in [3.63, 3.8) is 0 Å². The molecule has 1 N–H and O–H groups in total. The average Bonchev–Trinajstić information content (AvgIpc) is 2.72. The molecule has 0 bridgehead atoms. The SMILES string of the molecule is Cc1ccc(S(=O)(=O)N(CC(=O)NCc2ccccn2)c2ccccc2C)cc1. The van der Waals surface area contributed by atoms with Crippen molar-refractivity contribution in [1.29, 1.82) is 0 Å². The number of pyridine rings is 1. The number of benzene rings is 2. The Morgan fingerprint density at radius 1 is 0.966 bits per heavy atom. The van der Waals surface area contributed by atoms with Crippen LogP contribution in [0.25, 0.3) is 0 Å². The van der Waals surface area contributed by atoms with Crippen LogP contribution in [-0.2, 0) is 21.4 Å². The van der Waals surface area contributed by atoms with Gasteiger partial charge < -0.3 is 5.32 Å². The number of hydrogen-bond acceptors (Lipinski definition) is 4. The molecule has 0 fully saturated rings. The highest BCUT2D eigenvalue weighted by Crippen LogP contribution is 2.26. The zero-order chi connectivity index (χ0) is 20.9. The fourth-order valence-corrected chi connectivity index (χ4v) is 4.34. The standard InChI is InChI=1S/C22H23N3O3S/c1-17-10-12-20(13-11-17)29(27,28)25(21-9-4-3-7-18(21)2)16-22(26)24-15-19-8-5-6-14-23-19/h3-14H,15-16H2,1-2H3,(H,24,26). The zero-order valence-electron chi connectivity index (χ0n) is 16.4. The van der Waals surface area contributed by atoms with Crippen LogP contribution in [0.15, 0.2) is 77.8 Å². The maximum Gasteiger partial charge on any atom is 0.264 e. The highest BCUT2D eigenvalue weighted by atomic mass is 32.2. The lowest BCUT2D eigenvalue weighted by Crippen LogP contribution is -2.41. The van der Waals surface area contributed by atoms with Gasteiger partial charge in [0.1, 0.15) is 6.54 Å². The summed E-state index contributed by atoms with van der Waals surface area (Å²) in [5.41, 5.74) is 2.89. The van der Waals surface area contributed by atoms with Crippen molar-refractivity contribution in [2.45, 2.75) is 25.3 Å². The molecule has 0 aliphatic carbocycles. The summed E-state index contributed by atoms with van der Waals surface area (Å²) in [6.07, 6.45) is 1.64. The van der Waals surface area contributed by atoms with E-state index < -0.39 is 15.9 Å². The van der Waals surface area contributed by atoms with E-state index in [4.69, 9.17) is 0 Å². The number of para-hydroxylation sites is 1. The monoisotopic (exact) mass is 409 g/mol. The van der Waals surface area contributed by atoms with E-state index in [1.165, 1.54) is 0 Å². The van der Waals surface area contributed by atoms with Crippen molar-refractivity contribution in [2.24, 2.45) is 0 Å². The highest BCUT2D eigenvalue weighted by molar-refractivity contribution is 7.92. The summed E-state index contributed by atoms with van der Waals surface area (Å²) in [4.78, 5) is 16.9. The summed E-state index contributed by atoms with van der Waals surface area (Å²) in [6.45, 7) is 3.61. The maximum atomic E-state index is 13.3. The molecule has 0 unspecified atom stereocenters. The van der Waals surface area contributed by atoms with Crippen LogP contribution < -0.4 is 9.62 Å². The molecule has 1 aromatic heterocycles. The molecule has 0 atom stereocenters. The Kier molecular flexibility index (Phi) is 6.29. The van der Waals surface area contributed by atoms with Crippen LogP contribution in [-0.4, -0.2) is 25.9 Å². The predicted octanol–water partition coefficient (Wildman–Crippen LogP) is 3.21. The number of aromatic nitrogens is 1. The molecule has 1 heterocycles. The lowest BCUT2D eigenvalue weighted by molar-refractivity contribution is -0.119. The van der Waals surface area contributed by atoms with Crippen molar-refractivity contribution in [2.75, 3.05) is 10.8 Å². The Morgan fingerprint density at radius 2 is 1.66 bits per heavy atom. The molecule has 0 spiro atoms. The number of sulfonamides is 1. The van der Waals surface area contributed by atoms with Gasteiger partial charge in [-0.3, -0.25) is 14.1 Å². The first-order valence-corrected chi connectivity index (χ1v) is 10.6. The number of anilines is 1. The van der Waals surface area contributed by atoms with Gasteiger partial charge in [0.25, 0.3) is 10.0 Å². The Morgan fingerprint density at radius 3 is 2.31 bits per heavy atom. The van der Waals surface area contributed by atoms with E-state index in [9.17, 15) is 13.2 Å². The second-order valence-electron chi connectivity index (χ2n) is 6.71. The van der Waals surface area contributed by atoms with E-state index in [1.807, 2.05) is 32.0 Å². The molecule has 3 aromatic rings. The first kappa shape index (κ1) is 20.5. The molecule has 0 aliphatic rings. The Hall–Kier alpha value is -3.19. The smallest absolute Gasteiger partial charge is 0.264 e. The number of aryl methyl sites for hydroxylation is 2.